The second kappa shape index (κ2) is 4.69. The Morgan fingerprint density at radius 2 is 2.12 bits per heavy atom. The van der Waals surface area contributed by atoms with E-state index in [1.54, 1.807) is 18.2 Å². The average Bonchev–Trinajstić information content (AvgIpc) is 2.35. The summed E-state index contributed by atoms with van der Waals surface area (Å²) in [6.45, 7) is -0.188. The molecule has 1 aromatic carbocycles. The van der Waals surface area contributed by atoms with Crippen LogP contribution in [0.3, 0.4) is 0 Å². The van der Waals surface area contributed by atoms with Crippen LogP contribution in [-0.4, -0.2) is 24.7 Å². The molecule has 0 radical (unpaired) electrons. The summed E-state index contributed by atoms with van der Waals surface area (Å²) in [6, 6.07) is 8.44. The van der Waals surface area contributed by atoms with E-state index < -0.39 is 5.97 Å². The number of carbonyl (C=O) groups excluding carboxylic acids is 1. The summed E-state index contributed by atoms with van der Waals surface area (Å²) in [7, 11) is 1.29. The first-order valence-electron chi connectivity index (χ1n) is 5.02. The fourth-order valence-corrected chi connectivity index (χ4v) is 1.47. The molecule has 0 amide bonds. The number of ether oxygens (including phenoxy) is 2. The monoisotopic (exact) mass is 233 g/mol. The van der Waals surface area contributed by atoms with Crippen LogP contribution >= 0.6 is 0 Å². The Bertz CT molecular complexity index is 603. The Kier molecular flexibility index (Phi) is 3.09. The molecule has 0 unspecified atom stereocenters. The van der Waals surface area contributed by atoms with Crippen LogP contribution in [0.25, 0.3) is 10.9 Å². The third kappa shape index (κ3) is 2.44. The van der Waals surface area contributed by atoms with Crippen molar-refractivity contribution in [1.29, 1.82) is 0 Å². The minimum atomic E-state index is -0.472. The number of H-pyrrole nitrogens is 1. The number of hydrogen-bond donors (Lipinski definition) is 1. The minimum absolute atomic E-state index is 0.188. The Labute approximate surface area is 97.0 Å². The minimum Gasteiger partial charge on any atom is -0.480 e. The first-order chi connectivity index (χ1) is 8.20. The standard InChI is InChI=1S/C12H11NO4/c1-16-11(15)7-17-9-4-2-3-8-5-6-10(14)13-12(8)9/h2-6H,7H2,1H3,(H,13,14). The number of aromatic amines is 1. The van der Waals surface area contributed by atoms with Crippen LogP contribution in [0.1, 0.15) is 0 Å². The van der Waals surface area contributed by atoms with Gasteiger partial charge in [-0.3, -0.25) is 4.79 Å². The van der Waals surface area contributed by atoms with Gasteiger partial charge in [0, 0.05) is 11.5 Å². The number of hydrogen-bond acceptors (Lipinski definition) is 4. The number of methoxy groups -OCH3 is 1. The van der Waals surface area contributed by atoms with Gasteiger partial charge in [0.25, 0.3) is 0 Å². The van der Waals surface area contributed by atoms with E-state index in [1.165, 1.54) is 13.2 Å². The van der Waals surface area contributed by atoms with Crippen LogP contribution in [0.4, 0.5) is 0 Å². The summed E-state index contributed by atoms with van der Waals surface area (Å²) in [4.78, 5) is 24.9. The second-order valence-corrected chi connectivity index (χ2v) is 3.41. The van der Waals surface area contributed by atoms with Gasteiger partial charge >= 0.3 is 5.97 Å². The van der Waals surface area contributed by atoms with Gasteiger partial charge in [-0.25, -0.2) is 4.79 Å². The third-order valence-electron chi connectivity index (χ3n) is 2.29. The molecule has 0 fully saturated rings. The second-order valence-electron chi connectivity index (χ2n) is 3.41. The highest BCUT2D eigenvalue weighted by molar-refractivity contribution is 5.84. The summed E-state index contributed by atoms with van der Waals surface area (Å²) in [6.07, 6.45) is 0. The van der Waals surface area contributed by atoms with Gasteiger partial charge in [-0.05, 0) is 12.1 Å². The highest BCUT2D eigenvalue weighted by atomic mass is 16.6. The number of fused-ring (bicyclic) bond motifs is 1. The number of benzene rings is 1. The summed E-state index contributed by atoms with van der Waals surface area (Å²) >= 11 is 0. The summed E-state index contributed by atoms with van der Waals surface area (Å²) in [5.74, 6) is -0.0223. The molecule has 0 aliphatic carbocycles. The lowest BCUT2D eigenvalue weighted by Gasteiger charge is -2.07. The van der Waals surface area contributed by atoms with Crippen LogP contribution in [0.15, 0.2) is 35.1 Å². The molecule has 0 saturated heterocycles. The topological polar surface area (TPSA) is 68.4 Å². The zero-order valence-corrected chi connectivity index (χ0v) is 9.23. The molecule has 0 atom stereocenters. The quantitative estimate of drug-likeness (QED) is 0.805. The summed E-state index contributed by atoms with van der Waals surface area (Å²) < 4.78 is 9.75. The maximum absolute atomic E-state index is 11.2. The highest BCUT2D eigenvalue weighted by Crippen LogP contribution is 2.21. The fraction of sp³-hybridized carbons (Fsp3) is 0.167. The lowest BCUT2D eigenvalue weighted by molar-refractivity contribution is -0.142. The molecular weight excluding hydrogens is 222 g/mol. The van der Waals surface area contributed by atoms with Crippen molar-refractivity contribution in [3.05, 3.63) is 40.7 Å². The van der Waals surface area contributed by atoms with E-state index in [0.29, 0.717) is 11.3 Å². The normalized spacial score (nSPS) is 10.2. The highest BCUT2D eigenvalue weighted by Gasteiger charge is 2.06. The van der Waals surface area contributed by atoms with Gasteiger partial charge in [-0.15, -0.1) is 0 Å². The van der Waals surface area contributed by atoms with Crippen LogP contribution < -0.4 is 10.3 Å². The van der Waals surface area contributed by atoms with Crippen molar-refractivity contribution in [1.82, 2.24) is 4.98 Å². The lowest BCUT2D eigenvalue weighted by atomic mass is 10.2. The molecule has 17 heavy (non-hydrogen) atoms. The average molecular weight is 233 g/mol. The molecular formula is C12H11NO4. The molecule has 0 bridgehead atoms. The maximum Gasteiger partial charge on any atom is 0.343 e. The molecule has 2 aromatic rings. The molecule has 88 valence electrons. The maximum atomic E-state index is 11.2. The first-order valence-corrected chi connectivity index (χ1v) is 5.02. The molecule has 0 saturated carbocycles. The largest absolute Gasteiger partial charge is 0.480 e. The lowest BCUT2D eigenvalue weighted by Crippen LogP contribution is -2.13. The van der Waals surface area contributed by atoms with Crippen LogP contribution in [-0.2, 0) is 9.53 Å². The number of rotatable bonds is 3. The van der Waals surface area contributed by atoms with Crippen molar-refractivity contribution in [3.63, 3.8) is 0 Å². The van der Waals surface area contributed by atoms with E-state index >= 15 is 0 Å². The van der Waals surface area contributed by atoms with Crippen molar-refractivity contribution < 1.29 is 14.3 Å². The van der Waals surface area contributed by atoms with Gasteiger partial charge < -0.3 is 14.5 Å². The molecule has 5 heteroatoms. The van der Waals surface area contributed by atoms with Crippen molar-refractivity contribution in [2.75, 3.05) is 13.7 Å². The molecule has 5 nitrogen and oxygen atoms in total. The number of pyridine rings is 1. The number of carbonyl (C=O) groups is 1. The zero-order chi connectivity index (χ0) is 12.3. The molecule has 0 aliphatic heterocycles. The van der Waals surface area contributed by atoms with Crippen LogP contribution in [0.2, 0.25) is 0 Å². The Hall–Kier alpha value is -2.30. The van der Waals surface area contributed by atoms with E-state index in [-0.39, 0.29) is 12.2 Å². The first kappa shape index (κ1) is 11.2. The van der Waals surface area contributed by atoms with Gasteiger partial charge in [0.15, 0.2) is 6.61 Å². The Balaban J connectivity index is 2.36. The van der Waals surface area contributed by atoms with E-state index in [4.69, 9.17) is 4.74 Å². The van der Waals surface area contributed by atoms with Crippen molar-refractivity contribution in [2.24, 2.45) is 0 Å². The molecule has 1 aromatic heterocycles. The number of esters is 1. The van der Waals surface area contributed by atoms with E-state index in [9.17, 15) is 9.59 Å². The van der Waals surface area contributed by atoms with Crippen molar-refractivity contribution in [2.45, 2.75) is 0 Å². The van der Waals surface area contributed by atoms with Crippen LogP contribution in [0.5, 0.6) is 5.75 Å². The van der Waals surface area contributed by atoms with Crippen molar-refractivity contribution in [3.8, 4) is 5.75 Å². The van der Waals surface area contributed by atoms with Gasteiger partial charge in [-0.2, -0.15) is 0 Å². The van der Waals surface area contributed by atoms with Crippen LogP contribution in [0, 0.1) is 0 Å². The van der Waals surface area contributed by atoms with Gasteiger partial charge in [-0.1, -0.05) is 12.1 Å². The molecule has 1 N–H and O–H groups in total. The van der Waals surface area contributed by atoms with Gasteiger partial charge in [0.2, 0.25) is 5.56 Å². The number of para-hydroxylation sites is 1. The summed E-state index contributed by atoms with van der Waals surface area (Å²) in [5, 5.41) is 0.840. The van der Waals surface area contributed by atoms with E-state index in [1.807, 2.05) is 6.07 Å². The number of aromatic nitrogens is 1. The number of nitrogens with one attached hydrogen (secondary N) is 1. The predicted molar refractivity (Wildman–Crippen MR) is 62.1 cm³/mol. The van der Waals surface area contributed by atoms with Gasteiger partial charge in [0.05, 0.1) is 12.6 Å². The SMILES string of the molecule is COC(=O)COc1cccc2ccc(=O)[nH]c12. The van der Waals surface area contributed by atoms with Gasteiger partial charge in [0.1, 0.15) is 5.75 Å². The third-order valence-corrected chi connectivity index (χ3v) is 2.29. The zero-order valence-electron chi connectivity index (χ0n) is 9.23. The molecule has 2 rings (SSSR count). The smallest absolute Gasteiger partial charge is 0.343 e. The fourth-order valence-electron chi connectivity index (χ4n) is 1.47. The van der Waals surface area contributed by atoms with E-state index in [2.05, 4.69) is 9.72 Å². The van der Waals surface area contributed by atoms with E-state index in [0.717, 1.165) is 5.39 Å². The molecule has 1 heterocycles. The molecule has 0 aliphatic rings. The predicted octanol–water partition coefficient (Wildman–Crippen LogP) is 1.08. The molecule has 0 spiro atoms. The Morgan fingerprint density at radius 3 is 2.88 bits per heavy atom. The van der Waals surface area contributed by atoms with Crippen molar-refractivity contribution >= 4 is 16.9 Å². The Morgan fingerprint density at radius 1 is 1.29 bits per heavy atom. The summed E-state index contributed by atoms with van der Waals surface area (Å²) in [5.41, 5.74) is 0.357.